The number of benzene rings is 1. The molecule has 0 aliphatic rings. The van der Waals surface area contributed by atoms with Crippen LogP contribution in [-0.2, 0) is 16.1 Å². The quantitative estimate of drug-likeness (QED) is 0.528. The van der Waals surface area contributed by atoms with Crippen LogP contribution < -0.4 is 3.53 Å². The van der Waals surface area contributed by atoms with Crippen molar-refractivity contribution in [2.24, 2.45) is 0 Å². The Kier molecular flexibility index (Phi) is 4.01. The molecule has 0 fully saturated rings. The molecule has 0 saturated carbocycles. The lowest BCUT2D eigenvalue weighted by Crippen LogP contribution is -1.98. The standard InChI is InChI=1S/C9H10INO2/c1-7(12)13-6-8-3-2-4-9(5-8)11-10/h2-5,11H,6H2,1H3. The van der Waals surface area contributed by atoms with Gasteiger partial charge in [-0.3, -0.25) is 4.79 Å². The van der Waals surface area contributed by atoms with Crippen LogP contribution in [0.15, 0.2) is 24.3 Å². The summed E-state index contributed by atoms with van der Waals surface area (Å²) >= 11 is 2.05. The molecule has 1 rings (SSSR count). The van der Waals surface area contributed by atoms with Gasteiger partial charge in [0, 0.05) is 12.6 Å². The average molecular weight is 291 g/mol. The molecular weight excluding hydrogens is 281 g/mol. The maximum Gasteiger partial charge on any atom is 0.302 e. The monoisotopic (exact) mass is 291 g/mol. The number of halogens is 1. The number of ether oxygens (including phenoxy) is 1. The van der Waals surface area contributed by atoms with Gasteiger partial charge in [-0.1, -0.05) is 12.1 Å². The molecule has 0 aliphatic carbocycles. The minimum Gasteiger partial charge on any atom is -0.461 e. The Morgan fingerprint density at radius 3 is 3.00 bits per heavy atom. The van der Waals surface area contributed by atoms with Crippen molar-refractivity contribution in [2.75, 3.05) is 3.53 Å². The van der Waals surface area contributed by atoms with Crippen LogP contribution in [-0.4, -0.2) is 5.97 Å². The number of hydrogen-bond acceptors (Lipinski definition) is 3. The molecule has 0 heterocycles. The van der Waals surface area contributed by atoms with E-state index in [0.717, 1.165) is 11.3 Å². The normalized spacial score (nSPS) is 9.38. The second-order valence-corrected chi connectivity index (χ2v) is 3.11. The number of rotatable bonds is 3. The van der Waals surface area contributed by atoms with Crippen molar-refractivity contribution >= 4 is 34.5 Å². The highest BCUT2D eigenvalue weighted by molar-refractivity contribution is 14.1. The van der Waals surface area contributed by atoms with Gasteiger partial charge in [0.05, 0.1) is 22.9 Å². The predicted octanol–water partition coefficient (Wildman–Crippen LogP) is 2.51. The third kappa shape index (κ3) is 3.63. The average Bonchev–Trinajstić information content (AvgIpc) is 2.15. The lowest BCUT2D eigenvalue weighted by Gasteiger charge is -2.03. The van der Waals surface area contributed by atoms with Gasteiger partial charge in [-0.25, -0.2) is 0 Å². The summed E-state index contributed by atoms with van der Waals surface area (Å²) in [6.07, 6.45) is 0. The van der Waals surface area contributed by atoms with E-state index in [1.807, 2.05) is 24.3 Å². The van der Waals surface area contributed by atoms with Gasteiger partial charge in [-0.05, 0) is 17.7 Å². The lowest BCUT2D eigenvalue weighted by molar-refractivity contribution is -0.142. The zero-order chi connectivity index (χ0) is 9.68. The number of esters is 1. The highest BCUT2D eigenvalue weighted by Crippen LogP contribution is 2.12. The van der Waals surface area contributed by atoms with Gasteiger partial charge in [0.1, 0.15) is 6.61 Å². The first kappa shape index (κ1) is 10.3. The van der Waals surface area contributed by atoms with E-state index in [1.165, 1.54) is 6.92 Å². The Bertz CT molecular complexity index is 301. The molecule has 0 radical (unpaired) electrons. The minimum atomic E-state index is -0.257. The number of carbonyl (C=O) groups excluding carboxylic acids is 1. The van der Waals surface area contributed by atoms with Gasteiger partial charge in [0.2, 0.25) is 0 Å². The van der Waals surface area contributed by atoms with E-state index in [9.17, 15) is 4.79 Å². The fraction of sp³-hybridized carbons (Fsp3) is 0.222. The van der Waals surface area contributed by atoms with Gasteiger partial charge in [0.15, 0.2) is 0 Å². The summed E-state index contributed by atoms with van der Waals surface area (Å²) in [5, 5.41) is 0. The van der Waals surface area contributed by atoms with Gasteiger partial charge < -0.3 is 8.27 Å². The molecule has 3 nitrogen and oxygen atoms in total. The fourth-order valence-corrected chi connectivity index (χ4v) is 1.24. The molecule has 0 amide bonds. The number of hydrogen-bond donors (Lipinski definition) is 1. The summed E-state index contributed by atoms with van der Waals surface area (Å²) in [5.41, 5.74) is 1.99. The van der Waals surface area contributed by atoms with E-state index < -0.39 is 0 Å². The highest BCUT2D eigenvalue weighted by atomic mass is 127. The van der Waals surface area contributed by atoms with E-state index in [-0.39, 0.29) is 5.97 Å². The molecule has 0 saturated heterocycles. The molecule has 0 aromatic heterocycles. The van der Waals surface area contributed by atoms with Crippen molar-refractivity contribution in [1.29, 1.82) is 0 Å². The van der Waals surface area contributed by atoms with E-state index in [4.69, 9.17) is 4.74 Å². The van der Waals surface area contributed by atoms with Crippen molar-refractivity contribution in [2.45, 2.75) is 13.5 Å². The van der Waals surface area contributed by atoms with Crippen LogP contribution in [0.2, 0.25) is 0 Å². The first-order valence-corrected chi connectivity index (χ1v) is 4.89. The van der Waals surface area contributed by atoms with Crippen molar-refractivity contribution in [3.63, 3.8) is 0 Å². The summed E-state index contributed by atoms with van der Waals surface area (Å²) in [6, 6.07) is 7.72. The zero-order valence-electron chi connectivity index (χ0n) is 7.21. The molecule has 0 atom stereocenters. The van der Waals surface area contributed by atoms with E-state index in [0.29, 0.717) is 6.61 Å². The Morgan fingerprint density at radius 1 is 1.62 bits per heavy atom. The molecule has 0 unspecified atom stereocenters. The van der Waals surface area contributed by atoms with Gasteiger partial charge in [0.25, 0.3) is 0 Å². The zero-order valence-corrected chi connectivity index (χ0v) is 9.37. The van der Waals surface area contributed by atoms with E-state index in [2.05, 4.69) is 26.4 Å². The van der Waals surface area contributed by atoms with Gasteiger partial charge >= 0.3 is 5.97 Å². The Balaban J connectivity index is 2.61. The van der Waals surface area contributed by atoms with Crippen LogP contribution in [0.5, 0.6) is 0 Å². The van der Waals surface area contributed by atoms with Gasteiger partial charge in [-0.15, -0.1) is 0 Å². The summed E-state index contributed by atoms with van der Waals surface area (Å²) in [5.74, 6) is -0.257. The predicted molar refractivity (Wildman–Crippen MR) is 59.6 cm³/mol. The van der Waals surface area contributed by atoms with Crippen molar-refractivity contribution in [1.82, 2.24) is 0 Å². The molecule has 0 spiro atoms. The SMILES string of the molecule is CC(=O)OCc1cccc(NI)c1. The van der Waals surface area contributed by atoms with Crippen molar-refractivity contribution in [3.05, 3.63) is 29.8 Å². The van der Waals surface area contributed by atoms with Gasteiger partial charge in [-0.2, -0.15) is 0 Å². The first-order chi connectivity index (χ1) is 6.22. The Hall–Kier alpha value is -0.780. The van der Waals surface area contributed by atoms with Crippen LogP contribution in [0.25, 0.3) is 0 Å². The molecule has 1 aromatic rings. The molecule has 4 heteroatoms. The highest BCUT2D eigenvalue weighted by Gasteiger charge is 1.97. The summed E-state index contributed by atoms with van der Waals surface area (Å²) in [7, 11) is 0. The molecule has 70 valence electrons. The maximum absolute atomic E-state index is 10.5. The second kappa shape index (κ2) is 5.06. The smallest absolute Gasteiger partial charge is 0.302 e. The molecule has 1 N–H and O–H groups in total. The topological polar surface area (TPSA) is 38.3 Å². The minimum absolute atomic E-state index is 0.257. The number of carbonyl (C=O) groups is 1. The Labute approximate surface area is 91.0 Å². The molecule has 1 aromatic carbocycles. The number of nitrogens with one attached hydrogen (secondary N) is 1. The van der Waals surface area contributed by atoms with E-state index >= 15 is 0 Å². The second-order valence-electron chi connectivity index (χ2n) is 2.58. The first-order valence-electron chi connectivity index (χ1n) is 3.81. The third-order valence-corrected chi connectivity index (χ3v) is 2.10. The van der Waals surface area contributed by atoms with Crippen LogP contribution in [0.4, 0.5) is 5.69 Å². The lowest BCUT2D eigenvalue weighted by atomic mass is 10.2. The van der Waals surface area contributed by atoms with Crippen LogP contribution in [0, 0.1) is 0 Å². The van der Waals surface area contributed by atoms with Crippen molar-refractivity contribution < 1.29 is 9.53 Å². The molecular formula is C9H10INO2. The fourth-order valence-electron chi connectivity index (χ4n) is 0.905. The number of anilines is 1. The summed E-state index contributed by atoms with van der Waals surface area (Å²) in [4.78, 5) is 10.5. The Morgan fingerprint density at radius 2 is 2.38 bits per heavy atom. The maximum atomic E-state index is 10.5. The largest absolute Gasteiger partial charge is 0.461 e. The third-order valence-electron chi connectivity index (χ3n) is 1.48. The van der Waals surface area contributed by atoms with E-state index in [1.54, 1.807) is 0 Å². The van der Waals surface area contributed by atoms with Crippen LogP contribution >= 0.6 is 22.9 Å². The summed E-state index contributed by atoms with van der Waals surface area (Å²) in [6.45, 7) is 1.74. The summed E-state index contributed by atoms with van der Waals surface area (Å²) < 4.78 is 7.84. The van der Waals surface area contributed by atoms with Crippen LogP contribution in [0.1, 0.15) is 12.5 Å². The molecule has 0 bridgehead atoms. The van der Waals surface area contributed by atoms with Crippen molar-refractivity contribution in [3.8, 4) is 0 Å². The van der Waals surface area contributed by atoms with Crippen LogP contribution in [0.3, 0.4) is 0 Å². The molecule has 0 aliphatic heterocycles. The molecule has 13 heavy (non-hydrogen) atoms.